The van der Waals surface area contributed by atoms with E-state index in [1.807, 2.05) is 34.8 Å². The Kier molecular flexibility index (Phi) is 9.62. The van der Waals surface area contributed by atoms with Gasteiger partial charge in [-0.05, 0) is 36.6 Å². The molecule has 0 aliphatic rings. The smallest absolute Gasteiger partial charge is 0.254 e. The number of unbranched alkanes of at least 4 members (excludes halogenated alkanes) is 1. The molecular formula is C25H37N3O4. The summed E-state index contributed by atoms with van der Waals surface area (Å²) in [7, 11) is 5.07. The van der Waals surface area contributed by atoms with Crippen molar-refractivity contribution in [3.05, 3.63) is 47.8 Å². The van der Waals surface area contributed by atoms with E-state index >= 15 is 0 Å². The van der Waals surface area contributed by atoms with Crippen molar-refractivity contribution in [2.75, 3.05) is 33.9 Å². The first-order chi connectivity index (χ1) is 15.3. The molecular weight excluding hydrogens is 406 g/mol. The molecule has 0 atom stereocenters. The predicted octanol–water partition coefficient (Wildman–Crippen LogP) is 3.97. The van der Waals surface area contributed by atoms with Crippen molar-refractivity contribution in [3.63, 3.8) is 0 Å². The van der Waals surface area contributed by atoms with Crippen LogP contribution in [0.5, 0.6) is 11.5 Å². The third kappa shape index (κ3) is 7.04. The molecule has 2 amide bonds. The van der Waals surface area contributed by atoms with Gasteiger partial charge in [0.05, 0.1) is 20.8 Å². The van der Waals surface area contributed by atoms with Crippen LogP contribution >= 0.6 is 0 Å². The Balaban J connectivity index is 2.26. The number of aryl methyl sites for hydroxylation is 1. The molecule has 0 saturated heterocycles. The van der Waals surface area contributed by atoms with Crippen LogP contribution in [-0.4, -0.2) is 60.0 Å². The first-order valence-electron chi connectivity index (χ1n) is 11.2. The summed E-state index contributed by atoms with van der Waals surface area (Å²) >= 11 is 0. The van der Waals surface area contributed by atoms with Gasteiger partial charge in [-0.2, -0.15) is 0 Å². The van der Waals surface area contributed by atoms with Gasteiger partial charge in [-0.3, -0.25) is 9.59 Å². The lowest BCUT2D eigenvalue weighted by molar-refractivity contribution is -0.133. The molecule has 2 rings (SSSR count). The number of hydrogen-bond donors (Lipinski definition) is 0. The Morgan fingerprint density at radius 3 is 2.22 bits per heavy atom. The van der Waals surface area contributed by atoms with Crippen molar-refractivity contribution < 1.29 is 19.1 Å². The molecule has 32 heavy (non-hydrogen) atoms. The van der Waals surface area contributed by atoms with E-state index in [0.717, 1.165) is 18.5 Å². The van der Waals surface area contributed by atoms with E-state index in [1.54, 1.807) is 37.3 Å². The van der Waals surface area contributed by atoms with Gasteiger partial charge in [-0.1, -0.05) is 27.2 Å². The molecule has 0 unspecified atom stereocenters. The SMILES string of the molecule is CCCCN(CC(=O)N(Cc1cccn1C)CC(C)C)C(=O)c1cc(OC)cc(OC)c1. The van der Waals surface area contributed by atoms with Crippen molar-refractivity contribution in [2.24, 2.45) is 13.0 Å². The van der Waals surface area contributed by atoms with Crippen molar-refractivity contribution >= 4 is 11.8 Å². The second kappa shape index (κ2) is 12.2. The highest BCUT2D eigenvalue weighted by Crippen LogP contribution is 2.24. The summed E-state index contributed by atoms with van der Waals surface area (Å²) in [5.74, 6) is 1.15. The maximum absolute atomic E-state index is 13.4. The molecule has 1 aromatic heterocycles. The van der Waals surface area contributed by atoms with Gasteiger partial charge < -0.3 is 23.8 Å². The first kappa shape index (κ1) is 25.3. The van der Waals surface area contributed by atoms with Crippen LogP contribution in [0.2, 0.25) is 0 Å². The van der Waals surface area contributed by atoms with Crippen molar-refractivity contribution in [1.82, 2.24) is 14.4 Å². The quantitative estimate of drug-likeness (QED) is 0.498. The van der Waals surface area contributed by atoms with Crippen LogP contribution in [0.1, 0.15) is 49.7 Å². The van der Waals surface area contributed by atoms with E-state index < -0.39 is 0 Å². The Hall–Kier alpha value is -2.96. The van der Waals surface area contributed by atoms with Gasteiger partial charge >= 0.3 is 0 Å². The van der Waals surface area contributed by atoms with Crippen LogP contribution in [0.25, 0.3) is 0 Å². The number of amides is 2. The molecule has 0 N–H and O–H groups in total. The van der Waals surface area contributed by atoms with Crippen LogP contribution < -0.4 is 9.47 Å². The monoisotopic (exact) mass is 443 g/mol. The summed E-state index contributed by atoms with van der Waals surface area (Å²) in [6.07, 6.45) is 3.72. The van der Waals surface area contributed by atoms with Crippen LogP contribution in [0, 0.1) is 5.92 Å². The number of hydrogen-bond acceptors (Lipinski definition) is 4. The minimum Gasteiger partial charge on any atom is -0.497 e. The minimum absolute atomic E-state index is 0.0372. The highest BCUT2D eigenvalue weighted by Gasteiger charge is 2.24. The molecule has 0 aliphatic carbocycles. The maximum Gasteiger partial charge on any atom is 0.254 e. The van der Waals surface area contributed by atoms with E-state index in [1.165, 1.54) is 0 Å². The summed E-state index contributed by atoms with van der Waals surface area (Å²) < 4.78 is 12.6. The first-order valence-corrected chi connectivity index (χ1v) is 11.2. The van der Waals surface area contributed by atoms with E-state index in [0.29, 0.717) is 42.6 Å². The van der Waals surface area contributed by atoms with Gasteiger partial charge in [0.25, 0.3) is 5.91 Å². The van der Waals surface area contributed by atoms with E-state index in [2.05, 4.69) is 20.8 Å². The molecule has 0 fully saturated rings. The fraction of sp³-hybridized carbons (Fsp3) is 0.520. The van der Waals surface area contributed by atoms with Crippen LogP contribution in [0.15, 0.2) is 36.5 Å². The summed E-state index contributed by atoms with van der Waals surface area (Å²) in [6.45, 7) is 7.95. The molecule has 0 spiro atoms. The standard InChI is InChI=1S/C25H37N3O4/c1-7-8-12-27(25(30)20-13-22(31-5)15-23(14-20)32-6)18-24(29)28(16-19(2)3)17-21-10-9-11-26(21)4/h9-11,13-15,19H,7-8,12,16-18H2,1-6H3. The molecule has 176 valence electrons. The maximum atomic E-state index is 13.4. The van der Waals surface area contributed by atoms with E-state index in [-0.39, 0.29) is 18.4 Å². The van der Waals surface area contributed by atoms with E-state index in [9.17, 15) is 9.59 Å². The zero-order chi connectivity index (χ0) is 23.7. The third-order valence-corrected chi connectivity index (χ3v) is 5.34. The normalized spacial score (nSPS) is 10.8. The molecule has 2 aromatic rings. The number of rotatable bonds is 12. The average molecular weight is 444 g/mol. The number of carbonyl (C=O) groups is 2. The topological polar surface area (TPSA) is 64.0 Å². The van der Waals surface area contributed by atoms with Crippen molar-refractivity contribution in [1.29, 1.82) is 0 Å². The Morgan fingerprint density at radius 2 is 1.72 bits per heavy atom. The predicted molar refractivity (Wildman–Crippen MR) is 126 cm³/mol. The molecule has 1 aromatic carbocycles. The lowest BCUT2D eigenvalue weighted by atomic mass is 10.1. The van der Waals surface area contributed by atoms with Crippen molar-refractivity contribution in [2.45, 2.75) is 40.2 Å². The fourth-order valence-corrected chi connectivity index (χ4v) is 3.53. The molecule has 0 aliphatic heterocycles. The average Bonchev–Trinajstić information content (AvgIpc) is 3.18. The number of ether oxygens (including phenoxy) is 2. The summed E-state index contributed by atoms with van der Waals surface area (Å²) in [5.41, 5.74) is 1.51. The van der Waals surface area contributed by atoms with Crippen LogP contribution in [0.4, 0.5) is 0 Å². The van der Waals surface area contributed by atoms with E-state index in [4.69, 9.17) is 9.47 Å². The molecule has 0 bridgehead atoms. The summed E-state index contributed by atoms with van der Waals surface area (Å²) in [6, 6.07) is 9.08. The minimum atomic E-state index is -0.202. The summed E-state index contributed by atoms with van der Waals surface area (Å²) in [4.78, 5) is 30.2. The largest absolute Gasteiger partial charge is 0.497 e. The second-order valence-electron chi connectivity index (χ2n) is 8.46. The fourth-order valence-electron chi connectivity index (χ4n) is 3.53. The highest BCUT2D eigenvalue weighted by molar-refractivity contribution is 5.97. The molecule has 0 saturated carbocycles. The number of benzene rings is 1. The lowest BCUT2D eigenvalue weighted by Gasteiger charge is -2.29. The molecule has 7 heteroatoms. The molecule has 1 heterocycles. The zero-order valence-electron chi connectivity index (χ0n) is 20.3. The highest BCUT2D eigenvalue weighted by atomic mass is 16.5. The van der Waals surface area contributed by atoms with Gasteiger partial charge in [-0.15, -0.1) is 0 Å². The van der Waals surface area contributed by atoms with Gasteiger partial charge in [0.15, 0.2) is 0 Å². The zero-order valence-corrected chi connectivity index (χ0v) is 20.3. The van der Waals surface area contributed by atoms with Crippen LogP contribution in [-0.2, 0) is 18.4 Å². The Bertz CT molecular complexity index is 869. The summed E-state index contributed by atoms with van der Waals surface area (Å²) in [5, 5.41) is 0. The number of aromatic nitrogens is 1. The number of methoxy groups -OCH3 is 2. The lowest BCUT2D eigenvalue weighted by Crippen LogP contribution is -2.44. The van der Waals surface area contributed by atoms with Gasteiger partial charge in [-0.25, -0.2) is 0 Å². The van der Waals surface area contributed by atoms with Gasteiger partial charge in [0, 0.05) is 43.7 Å². The third-order valence-electron chi connectivity index (χ3n) is 5.34. The second-order valence-corrected chi connectivity index (χ2v) is 8.46. The van der Waals surface area contributed by atoms with Gasteiger partial charge in [0.2, 0.25) is 5.91 Å². The number of carbonyl (C=O) groups excluding carboxylic acids is 2. The molecule has 0 radical (unpaired) electrons. The van der Waals surface area contributed by atoms with Gasteiger partial charge in [0.1, 0.15) is 18.0 Å². The molecule has 7 nitrogen and oxygen atoms in total. The Labute approximate surface area is 191 Å². The number of nitrogens with zero attached hydrogens (tertiary/aromatic N) is 3. The van der Waals surface area contributed by atoms with Crippen molar-refractivity contribution in [3.8, 4) is 11.5 Å². The Morgan fingerprint density at radius 1 is 1.06 bits per heavy atom. The van der Waals surface area contributed by atoms with Crippen LogP contribution in [0.3, 0.4) is 0 Å².